The van der Waals surface area contributed by atoms with Gasteiger partial charge in [-0.2, -0.15) is 0 Å². The molecule has 0 spiro atoms. The van der Waals surface area contributed by atoms with Crippen molar-refractivity contribution < 1.29 is 19.8 Å². The summed E-state index contributed by atoms with van der Waals surface area (Å²) in [6.45, 7) is 0.420. The first kappa shape index (κ1) is 20.0. The number of rotatable bonds is 6. The molecule has 1 unspecified atom stereocenters. The van der Waals surface area contributed by atoms with E-state index < -0.39 is 23.9 Å². The van der Waals surface area contributed by atoms with E-state index >= 15 is 0 Å². The first-order valence-electron chi connectivity index (χ1n) is 7.61. The Morgan fingerprint density at radius 2 is 1.96 bits per heavy atom. The van der Waals surface area contributed by atoms with Gasteiger partial charge in [0.25, 0.3) is 0 Å². The first-order chi connectivity index (χ1) is 11.8. The van der Waals surface area contributed by atoms with Crippen molar-refractivity contribution in [2.45, 2.75) is 18.9 Å². The molecule has 0 aromatic rings. The molecule has 2 rings (SSSR count). The van der Waals surface area contributed by atoms with Crippen molar-refractivity contribution in [3.63, 3.8) is 0 Å². The zero-order chi connectivity index (χ0) is 18.8. The Morgan fingerprint density at radius 3 is 2.56 bits per heavy atom. The van der Waals surface area contributed by atoms with Gasteiger partial charge in [-0.05, 0) is 37.1 Å². The van der Waals surface area contributed by atoms with Gasteiger partial charge < -0.3 is 32.3 Å². The number of carbonyl (C=O) groups is 2. The molecule has 0 saturated heterocycles. The number of guanidine groups is 1. The molecule has 0 aliphatic carbocycles. The molecule has 136 valence electrons. The summed E-state index contributed by atoms with van der Waals surface area (Å²) in [7, 11) is 0. The van der Waals surface area contributed by atoms with E-state index in [2.05, 4.69) is 4.99 Å². The lowest BCUT2D eigenvalue weighted by Crippen LogP contribution is -2.30. The molecule has 9 heteroatoms. The lowest BCUT2D eigenvalue weighted by atomic mass is 10.0. The Kier molecular flexibility index (Phi) is 7.94. The average Bonchev–Trinajstić information content (AvgIpc) is 2.58. The normalized spacial score (nSPS) is 18.4. The van der Waals surface area contributed by atoms with Gasteiger partial charge >= 0.3 is 11.9 Å². The van der Waals surface area contributed by atoms with Gasteiger partial charge in [0.05, 0.1) is 5.92 Å². The molecular formula is C16H23N5O4. The van der Waals surface area contributed by atoms with Crippen molar-refractivity contribution in [2.24, 2.45) is 28.1 Å². The zero-order valence-electron chi connectivity index (χ0n) is 13.7. The van der Waals surface area contributed by atoms with Gasteiger partial charge in [0, 0.05) is 24.6 Å². The third-order valence-corrected chi connectivity index (χ3v) is 3.30. The van der Waals surface area contributed by atoms with Gasteiger partial charge in [0.15, 0.2) is 5.96 Å². The molecule has 0 fully saturated rings. The van der Waals surface area contributed by atoms with E-state index in [-0.39, 0.29) is 5.96 Å². The first-order valence-corrected chi connectivity index (χ1v) is 7.61. The molecule has 2 atom stereocenters. The Balaban J connectivity index is 0.000000252. The molecule has 8 N–H and O–H groups in total. The summed E-state index contributed by atoms with van der Waals surface area (Å²) < 4.78 is 0. The average molecular weight is 349 g/mol. The van der Waals surface area contributed by atoms with E-state index in [1.54, 1.807) is 18.4 Å². The zero-order valence-corrected chi connectivity index (χ0v) is 13.7. The molecule has 9 nitrogen and oxygen atoms in total. The molecule has 25 heavy (non-hydrogen) atoms. The Hall–Kier alpha value is -3.07. The topological polar surface area (TPSA) is 168 Å². The number of aliphatic carboxylic acids is 2. The minimum atomic E-state index is -1.00. The van der Waals surface area contributed by atoms with Crippen molar-refractivity contribution in [3.8, 4) is 0 Å². The molecule has 0 saturated carbocycles. The van der Waals surface area contributed by atoms with Crippen LogP contribution in [0.2, 0.25) is 0 Å². The van der Waals surface area contributed by atoms with E-state index in [0.717, 1.165) is 5.70 Å². The van der Waals surface area contributed by atoms with Crippen LogP contribution in [0.5, 0.6) is 0 Å². The van der Waals surface area contributed by atoms with E-state index in [1.165, 1.54) is 0 Å². The molecular weight excluding hydrogens is 326 g/mol. The van der Waals surface area contributed by atoms with Crippen molar-refractivity contribution in [1.29, 1.82) is 0 Å². The number of nitrogens with two attached hydrogens (primary N) is 3. The maximum absolute atomic E-state index is 10.7. The van der Waals surface area contributed by atoms with Crippen molar-refractivity contribution in [1.82, 2.24) is 4.90 Å². The van der Waals surface area contributed by atoms with Crippen LogP contribution < -0.4 is 17.2 Å². The number of carboxylic acid groups (broad SMARTS) is 2. The second-order valence-corrected chi connectivity index (χ2v) is 5.30. The highest BCUT2D eigenvalue weighted by Crippen LogP contribution is 2.21. The summed E-state index contributed by atoms with van der Waals surface area (Å²) in [5, 5.41) is 17.2. The van der Waals surface area contributed by atoms with Crippen LogP contribution in [0, 0.1) is 5.92 Å². The Labute approximate surface area is 145 Å². The summed E-state index contributed by atoms with van der Waals surface area (Å²) in [6.07, 6.45) is 13.7. The quantitative estimate of drug-likeness (QED) is 0.252. The predicted octanol–water partition coefficient (Wildman–Crippen LogP) is -0.0642. The van der Waals surface area contributed by atoms with Gasteiger partial charge in [-0.1, -0.05) is 6.08 Å². The number of aliphatic imine (C=N–C) groups is 1. The van der Waals surface area contributed by atoms with Crippen LogP contribution in [0.4, 0.5) is 0 Å². The molecule has 2 heterocycles. The molecule has 0 aromatic heterocycles. The number of allylic oxidation sites excluding steroid dienone is 3. The van der Waals surface area contributed by atoms with Crippen molar-refractivity contribution in [2.75, 3.05) is 6.54 Å². The lowest BCUT2D eigenvalue weighted by Gasteiger charge is -2.24. The SMILES string of the molecule is NC(N)=NCCC[C@H](N)C(=O)O.O=C(O)C1C=CN2C=CC=CC2=C1. The fourth-order valence-corrected chi connectivity index (χ4v) is 1.97. The maximum Gasteiger partial charge on any atom is 0.320 e. The van der Waals surface area contributed by atoms with Crippen LogP contribution in [-0.2, 0) is 9.59 Å². The second-order valence-electron chi connectivity index (χ2n) is 5.30. The summed E-state index contributed by atoms with van der Waals surface area (Å²) in [5.41, 5.74) is 16.2. The third-order valence-electron chi connectivity index (χ3n) is 3.30. The van der Waals surface area contributed by atoms with Gasteiger partial charge in [-0.3, -0.25) is 14.6 Å². The fraction of sp³-hybridized carbons (Fsp3) is 0.312. The lowest BCUT2D eigenvalue weighted by molar-refractivity contribution is -0.139. The van der Waals surface area contributed by atoms with Crippen molar-refractivity contribution >= 4 is 17.9 Å². The highest BCUT2D eigenvalue weighted by molar-refractivity contribution is 5.76. The highest BCUT2D eigenvalue weighted by atomic mass is 16.4. The van der Waals surface area contributed by atoms with E-state index in [0.29, 0.717) is 19.4 Å². The van der Waals surface area contributed by atoms with Crippen LogP contribution in [0.25, 0.3) is 0 Å². The standard InChI is InChI=1S/C10H9NO2.C6H14N4O2/c12-10(13)8-4-6-11-5-2-1-3-9(11)7-8;7-4(5(11)12)2-1-3-10-6(8)9/h1-8H,(H,12,13);4H,1-3,7H2,(H,11,12)(H4,8,9,10)/t;4-/m.0/s1. The summed E-state index contributed by atoms with van der Waals surface area (Å²) in [4.78, 5) is 26.5. The predicted molar refractivity (Wildman–Crippen MR) is 94.0 cm³/mol. The van der Waals surface area contributed by atoms with E-state index in [9.17, 15) is 9.59 Å². The molecule has 0 aromatic carbocycles. The number of fused-ring (bicyclic) bond motifs is 1. The molecule has 2 aliphatic rings. The molecule has 0 amide bonds. The summed E-state index contributed by atoms with van der Waals surface area (Å²) in [5.74, 6) is -2.30. The number of carboxylic acids is 2. The number of nitrogens with zero attached hydrogens (tertiary/aromatic N) is 2. The number of hydrogen-bond acceptors (Lipinski definition) is 5. The molecule has 0 radical (unpaired) electrons. The van der Waals surface area contributed by atoms with Gasteiger partial charge in [0.1, 0.15) is 6.04 Å². The Morgan fingerprint density at radius 1 is 1.24 bits per heavy atom. The van der Waals surface area contributed by atoms with E-state index in [1.807, 2.05) is 29.3 Å². The van der Waals surface area contributed by atoms with Crippen LogP contribution in [0.15, 0.2) is 53.5 Å². The highest BCUT2D eigenvalue weighted by Gasteiger charge is 2.17. The fourth-order valence-electron chi connectivity index (χ4n) is 1.97. The van der Waals surface area contributed by atoms with Gasteiger partial charge in [-0.15, -0.1) is 0 Å². The smallest absolute Gasteiger partial charge is 0.320 e. The van der Waals surface area contributed by atoms with Crippen LogP contribution in [0.3, 0.4) is 0 Å². The molecule has 0 bridgehead atoms. The number of hydrogen-bond donors (Lipinski definition) is 5. The summed E-state index contributed by atoms with van der Waals surface area (Å²) in [6, 6.07) is -0.820. The van der Waals surface area contributed by atoms with Crippen LogP contribution in [0.1, 0.15) is 12.8 Å². The van der Waals surface area contributed by atoms with Gasteiger partial charge in [0.2, 0.25) is 0 Å². The minimum Gasteiger partial charge on any atom is -0.481 e. The largest absolute Gasteiger partial charge is 0.481 e. The molecule has 2 aliphatic heterocycles. The maximum atomic E-state index is 10.7. The minimum absolute atomic E-state index is 0.0129. The monoisotopic (exact) mass is 349 g/mol. The van der Waals surface area contributed by atoms with E-state index in [4.69, 9.17) is 27.4 Å². The van der Waals surface area contributed by atoms with Crippen molar-refractivity contribution in [3.05, 3.63) is 48.5 Å². The van der Waals surface area contributed by atoms with Crippen LogP contribution >= 0.6 is 0 Å². The second kappa shape index (κ2) is 9.93. The third kappa shape index (κ3) is 7.36. The van der Waals surface area contributed by atoms with Crippen LogP contribution in [-0.4, -0.2) is 45.6 Å². The van der Waals surface area contributed by atoms with Gasteiger partial charge in [-0.25, -0.2) is 0 Å². The Bertz CT molecular complexity index is 632. The summed E-state index contributed by atoms with van der Waals surface area (Å²) >= 11 is 0.